The first-order valence-electron chi connectivity index (χ1n) is 7.43. The molecule has 1 atom stereocenters. The number of rotatable bonds is 9. The van der Waals surface area contributed by atoms with Gasteiger partial charge in [-0.3, -0.25) is 0 Å². The molecule has 0 saturated carbocycles. The summed E-state index contributed by atoms with van der Waals surface area (Å²) in [6.07, 6.45) is 2.11. The minimum Gasteiger partial charge on any atom is -0.490 e. The second kappa shape index (κ2) is 9.24. The van der Waals surface area contributed by atoms with Crippen molar-refractivity contribution >= 4 is 15.9 Å². The van der Waals surface area contributed by atoms with Crippen LogP contribution in [0.15, 0.2) is 16.6 Å². The Bertz CT molecular complexity index is 410. The molecule has 1 rings (SSSR count). The van der Waals surface area contributed by atoms with E-state index >= 15 is 0 Å². The van der Waals surface area contributed by atoms with Crippen LogP contribution in [0.3, 0.4) is 0 Å². The van der Waals surface area contributed by atoms with Gasteiger partial charge in [0.05, 0.1) is 13.2 Å². The Morgan fingerprint density at radius 1 is 1.15 bits per heavy atom. The van der Waals surface area contributed by atoms with Crippen LogP contribution in [0.5, 0.6) is 11.5 Å². The van der Waals surface area contributed by atoms with Crippen molar-refractivity contribution in [3.05, 3.63) is 22.2 Å². The minimum absolute atomic E-state index is 0.508. The van der Waals surface area contributed by atoms with Crippen LogP contribution in [0.2, 0.25) is 0 Å². The molecule has 0 fully saturated rings. The van der Waals surface area contributed by atoms with Gasteiger partial charge in [-0.1, -0.05) is 29.8 Å². The third kappa shape index (κ3) is 5.33. The fourth-order valence-corrected chi connectivity index (χ4v) is 2.20. The van der Waals surface area contributed by atoms with E-state index in [0.29, 0.717) is 19.3 Å². The van der Waals surface area contributed by atoms with E-state index in [1.165, 1.54) is 5.56 Å². The Morgan fingerprint density at radius 2 is 1.85 bits per heavy atom. The average Bonchev–Trinajstić information content (AvgIpc) is 2.45. The smallest absolute Gasteiger partial charge is 0.162 e. The van der Waals surface area contributed by atoms with Crippen LogP contribution in [0.1, 0.15) is 46.1 Å². The maximum Gasteiger partial charge on any atom is 0.162 e. The molecule has 1 aromatic rings. The van der Waals surface area contributed by atoms with Crippen molar-refractivity contribution in [3.8, 4) is 11.5 Å². The molecular formula is C16H26BrNO2. The predicted molar refractivity (Wildman–Crippen MR) is 87.7 cm³/mol. The van der Waals surface area contributed by atoms with Gasteiger partial charge >= 0.3 is 0 Å². The quantitative estimate of drug-likeness (QED) is 0.714. The highest BCUT2D eigenvalue weighted by Crippen LogP contribution is 2.34. The number of benzene rings is 1. The van der Waals surface area contributed by atoms with Gasteiger partial charge in [0.2, 0.25) is 0 Å². The van der Waals surface area contributed by atoms with E-state index in [9.17, 15) is 0 Å². The summed E-state index contributed by atoms with van der Waals surface area (Å²) in [5.41, 5.74) is 1.19. The molecule has 20 heavy (non-hydrogen) atoms. The molecular weight excluding hydrogens is 318 g/mol. The van der Waals surface area contributed by atoms with Crippen LogP contribution in [-0.2, 0) is 6.54 Å². The lowest BCUT2D eigenvalue weighted by atomic mass is 10.1. The maximum atomic E-state index is 5.75. The SMILES string of the molecule is CCCOc1cc(Br)c(CNC(C)CC)cc1OCC. The Hall–Kier alpha value is -0.740. The van der Waals surface area contributed by atoms with E-state index in [0.717, 1.165) is 35.4 Å². The first-order chi connectivity index (χ1) is 9.62. The van der Waals surface area contributed by atoms with Gasteiger partial charge in [-0.15, -0.1) is 0 Å². The van der Waals surface area contributed by atoms with Crippen molar-refractivity contribution in [3.63, 3.8) is 0 Å². The van der Waals surface area contributed by atoms with Crippen LogP contribution in [0, 0.1) is 0 Å². The second-order valence-electron chi connectivity index (χ2n) is 4.86. The monoisotopic (exact) mass is 343 g/mol. The highest BCUT2D eigenvalue weighted by atomic mass is 79.9. The first kappa shape index (κ1) is 17.3. The Labute approximate surface area is 131 Å². The number of hydrogen-bond donors (Lipinski definition) is 1. The largest absolute Gasteiger partial charge is 0.490 e. The Balaban J connectivity index is 2.87. The summed E-state index contributed by atoms with van der Waals surface area (Å²) in [5, 5.41) is 3.49. The molecule has 0 aliphatic carbocycles. The third-order valence-electron chi connectivity index (χ3n) is 3.13. The van der Waals surface area contributed by atoms with Gasteiger partial charge < -0.3 is 14.8 Å². The molecule has 1 aromatic carbocycles. The molecule has 1 unspecified atom stereocenters. The Morgan fingerprint density at radius 3 is 2.45 bits per heavy atom. The molecule has 0 bridgehead atoms. The standard InChI is InChI=1S/C16H26BrNO2/c1-5-8-20-16-10-14(17)13(9-15(16)19-7-3)11-18-12(4)6-2/h9-10,12,18H,5-8,11H2,1-4H3. The normalized spacial score (nSPS) is 12.2. The average molecular weight is 344 g/mol. The van der Waals surface area contributed by atoms with Gasteiger partial charge in [0.1, 0.15) is 0 Å². The van der Waals surface area contributed by atoms with Gasteiger partial charge in [0.15, 0.2) is 11.5 Å². The Kier molecular flexibility index (Phi) is 8.00. The maximum absolute atomic E-state index is 5.75. The van der Waals surface area contributed by atoms with Crippen molar-refractivity contribution in [2.45, 2.75) is 53.1 Å². The zero-order valence-electron chi connectivity index (χ0n) is 13.0. The lowest BCUT2D eigenvalue weighted by molar-refractivity contribution is 0.276. The number of hydrogen-bond acceptors (Lipinski definition) is 3. The highest BCUT2D eigenvalue weighted by Gasteiger charge is 2.11. The molecule has 0 heterocycles. The van der Waals surface area contributed by atoms with Crippen LogP contribution >= 0.6 is 15.9 Å². The summed E-state index contributed by atoms with van der Waals surface area (Å²) in [6.45, 7) is 10.6. The highest BCUT2D eigenvalue weighted by molar-refractivity contribution is 9.10. The summed E-state index contributed by atoms with van der Waals surface area (Å²) in [5.74, 6) is 1.64. The molecule has 0 amide bonds. The molecule has 0 spiro atoms. The summed E-state index contributed by atoms with van der Waals surface area (Å²) < 4.78 is 12.5. The number of ether oxygens (including phenoxy) is 2. The summed E-state index contributed by atoms with van der Waals surface area (Å²) in [6, 6.07) is 4.58. The molecule has 3 nitrogen and oxygen atoms in total. The molecule has 0 aromatic heterocycles. The van der Waals surface area contributed by atoms with Crippen molar-refractivity contribution in [1.29, 1.82) is 0 Å². The zero-order chi connectivity index (χ0) is 15.0. The lowest BCUT2D eigenvalue weighted by Gasteiger charge is -2.16. The predicted octanol–water partition coefficient (Wildman–Crippen LogP) is 4.52. The van der Waals surface area contributed by atoms with E-state index in [1.54, 1.807) is 0 Å². The van der Waals surface area contributed by atoms with Crippen LogP contribution < -0.4 is 14.8 Å². The van der Waals surface area contributed by atoms with Gasteiger partial charge in [-0.25, -0.2) is 0 Å². The molecule has 0 aliphatic heterocycles. The number of halogens is 1. The fourth-order valence-electron chi connectivity index (χ4n) is 1.73. The van der Waals surface area contributed by atoms with Crippen molar-refractivity contribution in [1.82, 2.24) is 5.32 Å². The third-order valence-corrected chi connectivity index (χ3v) is 3.87. The summed E-state index contributed by atoms with van der Waals surface area (Å²) in [4.78, 5) is 0. The fraction of sp³-hybridized carbons (Fsp3) is 0.625. The first-order valence-corrected chi connectivity index (χ1v) is 8.22. The second-order valence-corrected chi connectivity index (χ2v) is 5.72. The molecule has 4 heteroatoms. The van der Waals surface area contributed by atoms with Crippen molar-refractivity contribution in [2.75, 3.05) is 13.2 Å². The molecule has 114 valence electrons. The van der Waals surface area contributed by atoms with E-state index < -0.39 is 0 Å². The molecule has 0 saturated heterocycles. The molecule has 0 radical (unpaired) electrons. The van der Waals surface area contributed by atoms with E-state index in [4.69, 9.17) is 9.47 Å². The summed E-state index contributed by atoms with van der Waals surface area (Å²) in [7, 11) is 0. The van der Waals surface area contributed by atoms with Crippen LogP contribution in [-0.4, -0.2) is 19.3 Å². The number of nitrogens with one attached hydrogen (secondary N) is 1. The van der Waals surface area contributed by atoms with Crippen LogP contribution in [0.25, 0.3) is 0 Å². The minimum atomic E-state index is 0.508. The molecule has 1 N–H and O–H groups in total. The van der Waals surface area contributed by atoms with Gasteiger partial charge in [-0.05, 0) is 44.4 Å². The zero-order valence-corrected chi connectivity index (χ0v) is 14.5. The van der Waals surface area contributed by atoms with Gasteiger partial charge in [-0.2, -0.15) is 0 Å². The van der Waals surface area contributed by atoms with E-state index in [1.807, 2.05) is 13.0 Å². The summed E-state index contributed by atoms with van der Waals surface area (Å²) >= 11 is 3.62. The van der Waals surface area contributed by atoms with Crippen molar-refractivity contribution in [2.24, 2.45) is 0 Å². The van der Waals surface area contributed by atoms with Gasteiger partial charge in [0, 0.05) is 17.1 Å². The van der Waals surface area contributed by atoms with E-state index in [2.05, 4.69) is 48.1 Å². The molecule has 0 aliphatic rings. The van der Waals surface area contributed by atoms with Gasteiger partial charge in [0.25, 0.3) is 0 Å². The van der Waals surface area contributed by atoms with E-state index in [-0.39, 0.29) is 0 Å². The lowest BCUT2D eigenvalue weighted by Crippen LogP contribution is -2.24. The van der Waals surface area contributed by atoms with Crippen LogP contribution in [0.4, 0.5) is 0 Å². The topological polar surface area (TPSA) is 30.5 Å². The van der Waals surface area contributed by atoms with Crippen molar-refractivity contribution < 1.29 is 9.47 Å².